The summed E-state index contributed by atoms with van der Waals surface area (Å²) in [4.78, 5) is 29.4. The quantitative estimate of drug-likeness (QED) is 0.862. The van der Waals surface area contributed by atoms with Gasteiger partial charge >= 0.3 is 0 Å². The molecule has 23 heavy (non-hydrogen) atoms. The molecule has 1 fully saturated rings. The Morgan fingerprint density at radius 3 is 2.78 bits per heavy atom. The second-order valence-electron chi connectivity index (χ2n) is 5.97. The number of hydrogen-bond acceptors (Lipinski definition) is 5. The third-order valence-corrected chi connectivity index (χ3v) is 4.12. The molecule has 1 unspecified atom stereocenters. The molecule has 6 nitrogen and oxygen atoms in total. The van der Waals surface area contributed by atoms with E-state index >= 15 is 0 Å². The van der Waals surface area contributed by atoms with E-state index in [1.165, 1.54) is 0 Å². The molecule has 3 rings (SSSR count). The second-order valence-corrected chi connectivity index (χ2v) is 5.97. The molecule has 0 radical (unpaired) electrons. The molecule has 6 heteroatoms. The number of anilines is 1. The van der Waals surface area contributed by atoms with Crippen LogP contribution in [0.25, 0.3) is 0 Å². The fourth-order valence-corrected chi connectivity index (χ4v) is 2.90. The van der Waals surface area contributed by atoms with Gasteiger partial charge in [-0.25, -0.2) is 4.98 Å². The van der Waals surface area contributed by atoms with Gasteiger partial charge in [-0.15, -0.1) is 0 Å². The van der Waals surface area contributed by atoms with Crippen LogP contribution in [-0.2, 0) is 11.2 Å². The summed E-state index contributed by atoms with van der Waals surface area (Å²) >= 11 is 0. The molecule has 3 heterocycles. The van der Waals surface area contributed by atoms with Crippen molar-refractivity contribution in [1.29, 1.82) is 0 Å². The van der Waals surface area contributed by atoms with E-state index in [0.29, 0.717) is 6.42 Å². The van der Waals surface area contributed by atoms with Gasteiger partial charge in [0.1, 0.15) is 5.82 Å². The SMILES string of the molecule is CN(C)c1cncc(C2CCCN2C(=O)Cc2ccncc2)n1. The van der Waals surface area contributed by atoms with Crippen molar-refractivity contribution in [3.8, 4) is 0 Å². The Labute approximate surface area is 136 Å². The number of likely N-dealkylation sites (tertiary alicyclic amines) is 1. The lowest BCUT2D eigenvalue weighted by atomic mass is 10.1. The maximum atomic E-state index is 12.7. The lowest BCUT2D eigenvalue weighted by Gasteiger charge is -2.25. The zero-order valence-corrected chi connectivity index (χ0v) is 13.5. The first-order valence-electron chi connectivity index (χ1n) is 7.83. The normalized spacial score (nSPS) is 17.3. The van der Waals surface area contributed by atoms with Crippen LogP contribution in [0.2, 0.25) is 0 Å². The molecule has 0 bridgehead atoms. The summed E-state index contributed by atoms with van der Waals surface area (Å²) in [5.41, 5.74) is 1.86. The van der Waals surface area contributed by atoms with Gasteiger partial charge in [-0.05, 0) is 30.5 Å². The minimum absolute atomic E-state index is 0.0248. The van der Waals surface area contributed by atoms with Crippen molar-refractivity contribution in [2.45, 2.75) is 25.3 Å². The monoisotopic (exact) mass is 311 g/mol. The Kier molecular flexibility index (Phi) is 4.50. The fourth-order valence-electron chi connectivity index (χ4n) is 2.90. The molecule has 1 atom stereocenters. The van der Waals surface area contributed by atoms with Gasteiger partial charge in [-0.3, -0.25) is 14.8 Å². The first-order valence-corrected chi connectivity index (χ1v) is 7.83. The summed E-state index contributed by atoms with van der Waals surface area (Å²) in [6.45, 7) is 0.780. The number of rotatable bonds is 4. The first kappa shape index (κ1) is 15.4. The lowest BCUT2D eigenvalue weighted by molar-refractivity contribution is -0.131. The molecule has 2 aromatic rings. The zero-order valence-electron chi connectivity index (χ0n) is 13.5. The predicted octanol–water partition coefficient (Wildman–Crippen LogP) is 1.84. The zero-order chi connectivity index (χ0) is 16.2. The second kappa shape index (κ2) is 6.73. The van der Waals surface area contributed by atoms with Crippen molar-refractivity contribution in [2.75, 3.05) is 25.5 Å². The molecule has 1 saturated heterocycles. The Balaban J connectivity index is 1.77. The molecular formula is C17H21N5O. The molecular weight excluding hydrogens is 290 g/mol. The van der Waals surface area contributed by atoms with Crippen LogP contribution in [0.1, 0.15) is 30.1 Å². The van der Waals surface area contributed by atoms with Crippen molar-refractivity contribution in [2.24, 2.45) is 0 Å². The first-order chi connectivity index (χ1) is 11.1. The van der Waals surface area contributed by atoms with Crippen LogP contribution in [0.15, 0.2) is 36.9 Å². The molecule has 0 spiro atoms. The lowest BCUT2D eigenvalue weighted by Crippen LogP contribution is -2.32. The molecule has 0 aromatic carbocycles. The third kappa shape index (κ3) is 3.47. The van der Waals surface area contributed by atoms with Gasteiger partial charge in [0, 0.05) is 33.0 Å². The molecule has 0 aliphatic carbocycles. The van der Waals surface area contributed by atoms with Gasteiger partial charge in [-0.1, -0.05) is 0 Å². The number of hydrogen-bond donors (Lipinski definition) is 0. The van der Waals surface area contributed by atoms with Gasteiger partial charge in [0.15, 0.2) is 0 Å². The maximum absolute atomic E-state index is 12.7. The average Bonchev–Trinajstić information content (AvgIpc) is 3.05. The van der Waals surface area contributed by atoms with E-state index in [0.717, 1.165) is 36.5 Å². The molecule has 1 amide bonds. The van der Waals surface area contributed by atoms with Crippen LogP contribution in [-0.4, -0.2) is 46.4 Å². The van der Waals surface area contributed by atoms with Crippen molar-refractivity contribution in [3.63, 3.8) is 0 Å². The van der Waals surface area contributed by atoms with E-state index in [-0.39, 0.29) is 11.9 Å². The highest BCUT2D eigenvalue weighted by Crippen LogP contribution is 2.31. The highest BCUT2D eigenvalue weighted by Gasteiger charge is 2.31. The van der Waals surface area contributed by atoms with Gasteiger partial charge < -0.3 is 9.80 Å². The molecule has 0 N–H and O–H groups in total. The number of amides is 1. The van der Waals surface area contributed by atoms with E-state index in [4.69, 9.17) is 0 Å². The van der Waals surface area contributed by atoms with Gasteiger partial charge in [-0.2, -0.15) is 0 Å². The average molecular weight is 311 g/mol. The van der Waals surface area contributed by atoms with E-state index in [1.807, 2.05) is 36.0 Å². The van der Waals surface area contributed by atoms with Crippen LogP contribution < -0.4 is 4.90 Å². The van der Waals surface area contributed by atoms with Crippen LogP contribution in [0.5, 0.6) is 0 Å². The Morgan fingerprint density at radius 1 is 1.26 bits per heavy atom. The summed E-state index contributed by atoms with van der Waals surface area (Å²) < 4.78 is 0. The van der Waals surface area contributed by atoms with Crippen molar-refractivity contribution in [1.82, 2.24) is 19.9 Å². The topological polar surface area (TPSA) is 62.2 Å². The van der Waals surface area contributed by atoms with Gasteiger partial charge in [0.25, 0.3) is 0 Å². The summed E-state index contributed by atoms with van der Waals surface area (Å²) in [5.74, 6) is 0.951. The third-order valence-electron chi connectivity index (χ3n) is 4.12. The number of pyridine rings is 1. The van der Waals surface area contributed by atoms with E-state index in [2.05, 4.69) is 15.0 Å². The predicted molar refractivity (Wildman–Crippen MR) is 88.0 cm³/mol. The number of carbonyl (C=O) groups is 1. The van der Waals surface area contributed by atoms with Crippen LogP contribution in [0.3, 0.4) is 0 Å². The van der Waals surface area contributed by atoms with Crippen LogP contribution in [0.4, 0.5) is 5.82 Å². The largest absolute Gasteiger partial charge is 0.361 e. The number of aromatic nitrogens is 3. The Bertz CT molecular complexity index is 674. The van der Waals surface area contributed by atoms with E-state index < -0.39 is 0 Å². The van der Waals surface area contributed by atoms with Gasteiger partial charge in [0.05, 0.1) is 30.6 Å². The summed E-state index contributed by atoms with van der Waals surface area (Å²) in [7, 11) is 3.88. The molecule has 1 aliphatic heterocycles. The van der Waals surface area contributed by atoms with Gasteiger partial charge in [0.2, 0.25) is 5.91 Å². The van der Waals surface area contributed by atoms with Crippen LogP contribution >= 0.6 is 0 Å². The molecule has 2 aromatic heterocycles. The van der Waals surface area contributed by atoms with Crippen molar-refractivity contribution >= 4 is 11.7 Å². The summed E-state index contributed by atoms with van der Waals surface area (Å²) in [6.07, 6.45) is 9.29. The molecule has 1 aliphatic rings. The standard InChI is InChI=1S/C17H21N5O/c1-21(2)16-12-19-11-14(20-16)15-4-3-9-22(15)17(23)10-13-5-7-18-8-6-13/h5-8,11-12,15H,3-4,9-10H2,1-2H3. The summed E-state index contributed by atoms with van der Waals surface area (Å²) in [5, 5.41) is 0. The fraction of sp³-hybridized carbons (Fsp3) is 0.412. The van der Waals surface area contributed by atoms with Crippen molar-refractivity contribution in [3.05, 3.63) is 48.2 Å². The Hall–Kier alpha value is -2.50. The number of nitrogens with zero attached hydrogens (tertiary/aromatic N) is 5. The minimum atomic E-state index is 0.0248. The highest BCUT2D eigenvalue weighted by atomic mass is 16.2. The van der Waals surface area contributed by atoms with E-state index in [1.54, 1.807) is 24.8 Å². The smallest absolute Gasteiger partial charge is 0.227 e. The van der Waals surface area contributed by atoms with Crippen LogP contribution in [0, 0.1) is 0 Å². The Morgan fingerprint density at radius 2 is 2.04 bits per heavy atom. The maximum Gasteiger partial charge on any atom is 0.227 e. The minimum Gasteiger partial charge on any atom is -0.361 e. The molecule has 0 saturated carbocycles. The van der Waals surface area contributed by atoms with E-state index in [9.17, 15) is 4.79 Å². The summed E-state index contributed by atoms with van der Waals surface area (Å²) in [6, 6.07) is 3.79. The highest BCUT2D eigenvalue weighted by molar-refractivity contribution is 5.79. The number of carbonyl (C=O) groups excluding carboxylic acids is 1. The van der Waals surface area contributed by atoms with Crippen molar-refractivity contribution < 1.29 is 4.79 Å². The molecule has 120 valence electrons.